The molecule has 1 N–H and O–H groups in total. The van der Waals surface area contributed by atoms with Gasteiger partial charge in [-0.1, -0.05) is 24.3 Å². The molecule has 5 heteroatoms. The highest BCUT2D eigenvalue weighted by Gasteiger charge is 2.64. The fourth-order valence-electron chi connectivity index (χ4n) is 5.13. The van der Waals surface area contributed by atoms with Crippen molar-refractivity contribution in [1.29, 1.82) is 0 Å². The Kier molecular flexibility index (Phi) is 3.36. The van der Waals surface area contributed by atoms with Crippen LogP contribution >= 0.6 is 0 Å². The van der Waals surface area contributed by atoms with Crippen LogP contribution in [-0.2, 0) is 11.8 Å². The van der Waals surface area contributed by atoms with Crippen molar-refractivity contribution < 1.29 is 9.18 Å². The molecule has 1 aromatic heterocycles. The average Bonchev–Trinajstić information content (AvgIpc) is 3.11. The minimum atomic E-state index is -0.374. The Bertz CT molecular complexity index is 881. The Morgan fingerprint density at radius 3 is 2.69 bits per heavy atom. The molecule has 26 heavy (non-hydrogen) atoms. The molecule has 4 unspecified atom stereocenters. The molecule has 0 aliphatic heterocycles. The van der Waals surface area contributed by atoms with E-state index in [1.807, 2.05) is 17.8 Å². The molecule has 0 saturated heterocycles. The van der Waals surface area contributed by atoms with Crippen LogP contribution in [0.4, 0.5) is 4.39 Å². The summed E-state index contributed by atoms with van der Waals surface area (Å²) in [4.78, 5) is 17.6. The lowest BCUT2D eigenvalue weighted by atomic mass is 9.88. The molecule has 2 saturated carbocycles. The number of hydrogen-bond acceptors (Lipinski definition) is 2. The van der Waals surface area contributed by atoms with Gasteiger partial charge in [0.2, 0.25) is 5.91 Å². The minimum absolute atomic E-state index is 0.0377. The van der Waals surface area contributed by atoms with E-state index in [4.69, 9.17) is 0 Å². The second-order valence-corrected chi connectivity index (χ2v) is 7.98. The van der Waals surface area contributed by atoms with Gasteiger partial charge in [0.05, 0.1) is 0 Å². The highest BCUT2D eigenvalue weighted by molar-refractivity contribution is 5.81. The Labute approximate surface area is 152 Å². The quantitative estimate of drug-likeness (QED) is 0.859. The van der Waals surface area contributed by atoms with Gasteiger partial charge in [-0.05, 0) is 54.2 Å². The van der Waals surface area contributed by atoms with Gasteiger partial charge in [0.25, 0.3) is 0 Å². The van der Waals surface area contributed by atoms with E-state index in [1.165, 1.54) is 25.0 Å². The van der Waals surface area contributed by atoms with Crippen LogP contribution in [-0.4, -0.2) is 15.5 Å². The number of benzene rings is 1. The predicted octanol–water partition coefficient (Wildman–Crippen LogP) is 3.37. The second-order valence-electron chi connectivity index (χ2n) is 7.98. The number of nitrogens with one attached hydrogen (secondary N) is 1. The number of nitrogens with zero attached hydrogens (tertiary/aromatic N) is 2. The standard InChI is InChI=1S/C21H22FN3O/c1-25-11-10-23-19(25)18(13-2-5-15(22)6-3-13)24-20(26)16-12-14-4-7-17(16)21(14)8-9-21/h2-7,10-11,14,16-18H,8-9,12H2,1H3,(H,24,26). The maximum Gasteiger partial charge on any atom is 0.224 e. The molecule has 134 valence electrons. The van der Waals surface area contributed by atoms with Crippen LogP contribution in [0.2, 0.25) is 0 Å². The van der Waals surface area contributed by atoms with Gasteiger partial charge < -0.3 is 9.88 Å². The average molecular weight is 351 g/mol. The number of amides is 1. The van der Waals surface area contributed by atoms with Gasteiger partial charge in [-0.2, -0.15) is 0 Å². The monoisotopic (exact) mass is 351 g/mol. The molecule has 4 nitrogen and oxygen atoms in total. The van der Waals surface area contributed by atoms with E-state index in [0.29, 0.717) is 17.3 Å². The Balaban J connectivity index is 1.43. The van der Waals surface area contributed by atoms with Crippen molar-refractivity contribution in [1.82, 2.24) is 14.9 Å². The molecule has 4 atom stereocenters. The smallest absolute Gasteiger partial charge is 0.224 e. The van der Waals surface area contributed by atoms with E-state index in [9.17, 15) is 9.18 Å². The van der Waals surface area contributed by atoms with Gasteiger partial charge in [-0.3, -0.25) is 4.79 Å². The van der Waals surface area contributed by atoms with Crippen LogP contribution in [0.3, 0.4) is 0 Å². The lowest BCUT2D eigenvalue weighted by molar-refractivity contribution is -0.126. The lowest BCUT2D eigenvalue weighted by Gasteiger charge is -2.24. The van der Waals surface area contributed by atoms with Crippen LogP contribution in [0.1, 0.15) is 36.7 Å². The molecule has 1 heterocycles. The van der Waals surface area contributed by atoms with Crippen LogP contribution in [0, 0.1) is 29.0 Å². The Morgan fingerprint density at radius 2 is 2.08 bits per heavy atom. The lowest BCUT2D eigenvalue weighted by Crippen LogP contribution is -2.37. The van der Waals surface area contributed by atoms with Crippen LogP contribution in [0.15, 0.2) is 48.8 Å². The summed E-state index contributed by atoms with van der Waals surface area (Å²) in [6.45, 7) is 0. The largest absolute Gasteiger partial charge is 0.342 e. The summed E-state index contributed by atoms with van der Waals surface area (Å²) in [7, 11) is 1.91. The number of aromatic nitrogens is 2. The maximum absolute atomic E-state index is 13.4. The van der Waals surface area contributed by atoms with Gasteiger partial charge in [0, 0.05) is 25.4 Å². The van der Waals surface area contributed by atoms with E-state index in [1.54, 1.807) is 18.3 Å². The minimum Gasteiger partial charge on any atom is -0.342 e. The SMILES string of the molecule is Cn1ccnc1C(NC(=O)C1CC2C=CC1C21CC1)c1ccc(F)cc1. The summed E-state index contributed by atoms with van der Waals surface area (Å²) in [6.07, 6.45) is 11.6. The predicted molar refractivity (Wildman–Crippen MR) is 95.5 cm³/mol. The zero-order valence-corrected chi connectivity index (χ0v) is 14.7. The van der Waals surface area contributed by atoms with Crippen molar-refractivity contribution in [2.45, 2.75) is 25.3 Å². The zero-order valence-electron chi connectivity index (χ0n) is 14.7. The number of hydrogen-bond donors (Lipinski definition) is 1. The molecular formula is C21H22FN3O. The number of aryl methyl sites for hydroxylation is 1. The first kappa shape index (κ1) is 15.8. The van der Waals surface area contributed by atoms with Gasteiger partial charge in [-0.25, -0.2) is 9.37 Å². The van der Waals surface area contributed by atoms with E-state index < -0.39 is 0 Å². The van der Waals surface area contributed by atoms with Crippen LogP contribution in [0.5, 0.6) is 0 Å². The summed E-state index contributed by atoms with van der Waals surface area (Å²) >= 11 is 0. The third-order valence-electron chi connectivity index (χ3n) is 6.67. The van der Waals surface area contributed by atoms with E-state index in [-0.39, 0.29) is 23.7 Å². The number of allylic oxidation sites excluding steroid dienone is 2. The highest BCUT2D eigenvalue weighted by atomic mass is 19.1. The molecular weight excluding hydrogens is 329 g/mol. The topological polar surface area (TPSA) is 46.9 Å². The van der Waals surface area contributed by atoms with Gasteiger partial charge in [0.15, 0.2) is 0 Å². The van der Waals surface area contributed by atoms with Gasteiger partial charge in [0.1, 0.15) is 17.7 Å². The zero-order chi connectivity index (χ0) is 17.9. The Hall–Kier alpha value is -2.43. The number of halogens is 1. The third kappa shape index (κ3) is 2.26. The van der Waals surface area contributed by atoms with Gasteiger partial charge in [-0.15, -0.1) is 0 Å². The summed E-state index contributed by atoms with van der Waals surface area (Å²) in [5, 5.41) is 3.21. The van der Waals surface area contributed by atoms with Gasteiger partial charge >= 0.3 is 0 Å². The van der Waals surface area contributed by atoms with Crippen molar-refractivity contribution in [3.05, 3.63) is 66.0 Å². The molecule has 3 aliphatic carbocycles. The van der Waals surface area contributed by atoms with Crippen molar-refractivity contribution in [3.63, 3.8) is 0 Å². The first-order chi connectivity index (χ1) is 12.6. The molecule has 5 rings (SSSR count). The summed E-state index contributed by atoms with van der Waals surface area (Å²) in [5.41, 5.74) is 1.23. The number of imidazole rings is 1. The summed E-state index contributed by atoms with van der Waals surface area (Å²) < 4.78 is 15.3. The molecule has 2 aromatic rings. The van der Waals surface area contributed by atoms with Crippen LogP contribution < -0.4 is 5.32 Å². The maximum atomic E-state index is 13.4. The highest BCUT2D eigenvalue weighted by Crippen LogP contribution is 2.70. The molecule has 2 fully saturated rings. The molecule has 0 radical (unpaired) electrons. The third-order valence-corrected chi connectivity index (χ3v) is 6.67. The fraction of sp³-hybridized carbons (Fsp3) is 0.429. The summed E-state index contributed by atoms with van der Waals surface area (Å²) in [5.74, 6) is 1.54. The van der Waals surface area contributed by atoms with Crippen molar-refractivity contribution in [2.24, 2.45) is 30.2 Å². The summed E-state index contributed by atoms with van der Waals surface area (Å²) in [6, 6.07) is 5.92. The van der Waals surface area contributed by atoms with Crippen molar-refractivity contribution in [2.75, 3.05) is 0 Å². The molecule has 2 bridgehead atoms. The Morgan fingerprint density at radius 1 is 1.31 bits per heavy atom. The number of rotatable bonds is 4. The normalized spacial score (nSPS) is 28.5. The molecule has 1 spiro atoms. The van der Waals surface area contributed by atoms with E-state index >= 15 is 0 Å². The van der Waals surface area contributed by atoms with E-state index in [0.717, 1.165) is 17.8 Å². The van der Waals surface area contributed by atoms with Crippen LogP contribution in [0.25, 0.3) is 0 Å². The van der Waals surface area contributed by atoms with Crippen molar-refractivity contribution in [3.8, 4) is 0 Å². The van der Waals surface area contributed by atoms with Crippen molar-refractivity contribution >= 4 is 5.91 Å². The molecule has 3 aliphatic rings. The molecule has 1 amide bonds. The second kappa shape index (κ2) is 5.53. The first-order valence-corrected chi connectivity index (χ1v) is 9.30. The fourth-order valence-corrected chi connectivity index (χ4v) is 5.13. The molecule has 1 aromatic carbocycles. The first-order valence-electron chi connectivity index (χ1n) is 9.30. The number of carbonyl (C=O) groups is 1. The number of carbonyl (C=O) groups excluding carboxylic acids is 1. The van der Waals surface area contributed by atoms with E-state index in [2.05, 4.69) is 22.5 Å².